The van der Waals surface area contributed by atoms with Gasteiger partial charge in [0.2, 0.25) is 5.52 Å². The summed E-state index contributed by atoms with van der Waals surface area (Å²) in [5, 5.41) is 8.39. The molecule has 0 saturated carbocycles. The molecule has 0 atom stereocenters. The molecule has 0 aliphatic rings. The Morgan fingerprint density at radius 2 is 1.53 bits per heavy atom. The third-order valence-corrected chi connectivity index (χ3v) is 8.91. The van der Waals surface area contributed by atoms with Gasteiger partial charge < -0.3 is 4.40 Å². The molecule has 3 heterocycles. The van der Waals surface area contributed by atoms with Crippen molar-refractivity contribution in [3.63, 3.8) is 0 Å². The van der Waals surface area contributed by atoms with E-state index in [1.807, 2.05) is 0 Å². The van der Waals surface area contributed by atoms with Crippen LogP contribution in [0.4, 0.5) is 0 Å². The first-order valence-corrected chi connectivity index (χ1v) is 14.3. The summed E-state index contributed by atoms with van der Waals surface area (Å²) in [4.78, 5) is 0. The largest absolute Gasteiger partial charge is 0.307 e. The van der Waals surface area contributed by atoms with Gasteiger partial charge in [0.1, 0.15) is 7.05 Å². The van der Waals surface area contributed by atoms with Crippen LogP contribution in [0.1, 0.15) is 11.1 Å². The highest BCUT2D eigenvalue weighted by atomic mass is 28.3. The molecule has 2 nitrogen and oxygen atoms in total. The maximum Gasteiger partial charge on any atom is 0.224 e. The Balaban J connectivity index is 2.09. The number of pyridine rings is 2. The fraction of sp³-hybridized carbons (Fsp3) is 0.222. The van der Waals surface area contributed by atoms with E-state index in [-0.39, 0.29) is 0 Å². The van der Waals surface area contributed by atoms with E-state index < -0.39 is 8.07 Å². The molecule has 0 fully saturated rings. The summed E-state index contributed by atoms with van der Waals surface area (Å²) in [7, 11) is 0.720. The summed E-state index contributed by atoms with van der Waals surface area (Å²) < 4.78 is 4.87. The average molecular weight is 408 g/mol. The Morgan fingerprint density at radius 3 is 2.30 bits per heavy atom. The lowest BCUT2D eigenvalue weighted by Crippen LogP contribution is -2.38. The standard InChI is InChI=1S/C27H27N2Si/c1-16-13-17(2)24-26-25-18(11-12-28(26)3)14-19(30(4,5)6)15-22(25)29-21-10-8-7-9-20(21)23(16)27(24)29/h7-15H,1-6H3/q+1. The van der Waals surface area contributed by atoms with Crippen molar-refractivity contribution in [2.24, 2.45) is 7.05 Å². The molecular weight excluding hydrogens is 380 g/mol. The molecule has 0 aliphatic heterocycles. The predicted octanol–water partition coefficient (Wildman–Crippen LogP) is 5.98. The normalized spacial score (nSPS) is 13.0. The topological polar surface area (TPSA) is 8.29 Å². The highest BCUT2D eigenvalue weighted by Crippen LogP contribution is 2.41. The van der Waals surface area contributed by atoms with Crippen LogP contribution in [-0.4, -0.2) is 12.5 Å². The van der Waals surface area contributed by atoms with Gasteiger partial charge in [-0.25, -0.2) is 4.57 Å². The molecule has 3 aromatic carbocycles. The van der Waals surface area contributed by atoms with Crippen LogP contribution >= 0.6 is 0 Å². The summed E-state index contributed by atoms with van der Waals surface area (Å²) in [5.74, 6) is 0. The number of benzene rings is 3. The average Bonchev–Trinajstić information content (AvgIpc) is 3.04. The number of aryl methyl sites for hydroxylation is 3. The first-order valence-electron chi connectivity index (χ1n) is 10.8. The van der Waals surface area contributed by atoms with Crippen LogP contribution in [0.15, 0.2) is 54.7 Å². The molecule has 0 aliphatic carbocycles. The van der Waals surface area contributed by atoms with Crippen molar-refractivity contribution in [2.45, 2.75) is 33.5 Å². The third kappa shape index (κ3) is 2.11. The molecule has 0 bridgehead atoms. The third-order valence-electron chi connectivity index (χ3n) is 6.89. The second-order valence-corrected chi connectivity index (χ2v) is 15.0. The minimum atomic E-state index is -1.47. The van der Waals surface area contributed by atoms with Gasteiger partial charge >= 0.3 is 0 Å². The van der Waals surface area contributed by atoms with Crippen LogP contribution in [0.3, 0.4) is 0 Å². The Morgan fingerprint density at radius 1 is 0.800 bits per heavy atom. The maximum absolute atomic E-state index is 2.55. The first-order chi connectivity index (χ1) is 14.3. The van der Waals surface area contributed by atoms with Crippen LogP contribution in [-0.2, 0) is 7.05 Å². The monoisotopic (exact) mass is 407 g/mol. The van der Waals surface area contributed by atoms with E-state index in [4.69, 9.17) is 0 Å². The summed E-state index contributed by atoms with van der Waals surface area (Å²) in [6, 6.07) is 18.5. The molecule has 0 spiro atoms. The van der Waals surface area contributed by atoms with Gasteiger partial charge in [-0.15, -0.1) is 0 Å². The molecule has 3 heteroatoms. The van der Waals surface area contributed by atoms with E-state index in [1.165, 1.54) is 65.3 Å². The number of fused-ring (bicyclic) bond motifs is 5. The highest BCUT2D eigenvalue weighted by molar-refractivity contribution is 6.89. The van der Waals surface area contributed by atoms with Crippen molar-refractivity contribution in [3.05, 3.63) is 65.9 Å². The summed E-state index contributed by atoms with van der Waals surface area (Å²) >= 11 is 0. The number of rotatable bonds is 1. The lowest BCUT2D eigenvalue weighted by molar-refractivity contribution is -0.643. The number of aromatic nitrogens is 2. The Hall–Kier alpha value is -2.91. The number of para-hydroxylation sites is 1. The Labute approximate surface area is 177 Å². The van der Waals surface area contributed by atoms with Gasteiger partial charge in [0.05, 0.1) is 35.4 Å². The zero-order chi connectivity index (χ0) is 20.9. The SMILES string of the molecule is Cc1cc(C)c2c3c1c1ccccc1n3c1cc([Si](C)(C)C)cc3cc[n+](C)c2c31. The zero-order valence-corrected chi connectivity index (χ0v) is 19.6. The minimum absolute atomic E-state index is 1.31. The minimum Gasteiger partial charge on any atom is -0.307 e. The Bertz CT molecular complexity index is 1650. The number of nitrogens with zero attached hydrogens (tertiary/aromatic N) is 2. The number of hydrogen-bond donors (Lipinski definition) is 0. The smallest absolute Gasteiger partial charge is 0.224 e. The highest BCUT2D eigenvalue weighted by Gasteiger charge is 2.26. The van der Waals surface area contributed by atoms with Crippen LogP contribution in [0, 0.1) is 13.8 Å². The molecule has 0 saturated heterocycles. The van der Waals surface area contributed by atoms with Crippen LogP contribution in [0.2, 0.25) is 19.6 Å². The summed E-state index contributed by atoms with van der Waals surface area (Å²) in [6.07, 6.45) is 2.24. The van der Waals surface area contributed by atoms with E-state index in [2.05, 4.69) is 104 Å². The molecular formula is C27H27N2Si+. The predicted molar refractivity (Wildman–Crippen MR) is 132 cm³/mol. The van der Waals surface area contributed by atoms with E-state index >= 15 is 0 Å². The molecule has 3 aromatic heterocycles. The second-order valence-electron chi connectivity index (χ2n) is 9.95. The summed E-state index contributed by atoms with van der Waals surface area (Å²) in [6.45, 7) is 11.9. The van der Waals surface area contributed by atoms with Crippen LogP contribution < -0.4 is 9.75 Å². The van der Waals surface area contributed by atoms with Gasteiger partial charge in [0.25, 0.3) is 0 Å². The summed E-state index contributed by atoms with van der Waals surface area (Å²) in [5.41, 5.74) is 8.10. The van der Waals surface area contributed by atoms with Gasteiger partial charge in [-0.1, -0.05) is 55.2 Å². The van der Waals surface area contributed by atoms with Crippen molar-refractivity contribution >= 4 is 62.3 Å². The van der Waals surface area contributed by atoms with Crippen LogP contribution in [0.25, 0.3) is 49.0 Å². The quantitative estimate of drug-likeness (QED) is 0.137. The van der Waals surface area contributed by atoms with Gasteiger partial charge in [-0.2, -0.15) is 0 Å². The van der Waals surface area contributed by atoms with Crippen molar-refractivity contribution in [2.75, 3.05) is 0 Å². The molecule has 0 amide bonds. The molecule has 6 aromatic rings. The molecule has 148 valence electrons. The lowest BCUT2D eigenvalue weighted by atomic mass is 9.97. The Kier molecular flexibility index (Phi) is 3.35. The van der Waals surface area contributed by atoms with Gasteiger partial charge in [0, 0.05) is 16.8 Å². The molecule has 0 N–H and O–H groups in total. The van der Waals surface area contributed by atoms with E-state index in [9.17, 15) is 0 Å². The maximum atomic E-state index is 2.55. The van der Waals surface area contributed by atoms with E-state index in [1.54, 1.807) is 0 Å². The first kappa shape index (κ1) is 17.9. The van der Waals surface area contributed by atoms with Crippen molar-refractivity contribution in [1.82, 2.24) is 4.40 Å². The second kappa shape index (κ2) is 5.61. The van der Waals surface area contributed by atoms with E-state index in [0.717, 1.165) is 0 Å². The molecule has 0 radical (unpaired) electrons. The van der Waals surface area contributed by atoms with E-state index in [0.29, 0.717) is 0 Å². The van der Waals surface area contributed by atoms with Crippen LogP contribution in [0.5, 0.6) is 0 Å². The van der Waals surface area contributed by atoms with Crippen molar-refractivity contribution in [3.8, 4) is 0 Å². The van der Waals surface area contributed by atoms with Gasteiger partial charge in [-0.05, 0) is 42.5 Å². The van der Waals surface area contributed by atoms with Gasteiger partial charge in [-0.3, -0.25) is 0 Å². The molecule has 6 rings (SSSR count). The van der Waals surface area contributed by atoms with Crippen molar-refractivity contribution in [1.29, 1.82) is 0 Å². The number of hydrogen-bond acceptors (Lipinski definition) is 0. The van der Waals surface area contributed by atoms with Crippen molar-refractivity contribution < 1.29 is 4.57 Å². The fourth-order valence-corrected chi connectivity index (χ4v) is 6.63. The molecule has 0 unspecified atom stereocenters. The molecule has 30 heavy (non-hydrogen) atoms. The lowest BCUT2D eigenvalue weighted by Gasteiger charge is -2.20. The fourth-order valence-electron chi connectivity index (χ4n) is 5.47. The van der Waals surface area contributed by atoms with Gasteiger partial charge in [0.15, 0.2) is 6.20 Å². The zero-order valence-electron chi connectivity index (χ0n) is 18.6.